The summed E-state index contributed by atoms with van der Waals surface area (Å²) in [4.78, 5) is 4.47. The Balaban J connectivity index is 2.24. The van der Waals surface area contributed by atoms with Crippen LogP contribution in [-0.4, -0.2) is 38.8 Å². The Morgan fingerprint density at radius 3 is 2.84 bits per heavy atom. The van der Waals surface area contributed by atoms with E-state index in [-0.39, 0.29) is 0 Å². The molecule has 0 aliphatic heterocycles. The van der Waals surface area contributed by atoms with Crippen LogP contribution < -0.4 is 10.6 Å². The Labute approximate surface area is 115 Å². The summed E-state index contributed by atoms with van der Waals surface area (Å²) in [6.07, 6.45) is 3.59. The predicted octanol–water partition coefficient (Wildman–Crippen LogP) is 1.80. The average molecular weight is 267 g/mol. The summed E-state index contributed by atoms with van der Waals surface area (Å²) < 4.78 is 10.6. The van der Waals surface area contributed by atoms with Crippen molar-refractivity contribution in [2.75, 3.05) is 32.8 Å². The van der Waals surface area contributed by atoms with Gasteiger partial charge in [-0.05, 0) is 25.5 Å². The minimum Gasteiger partial charge on any atom is -0.469 e. The van der Waals surface area contributed by atoms with Crippen LogP contribution in [0.3, 0.4) is 0 Å². The molecule has 0 radical (unpaired) electrons. The highest BCUT2D eigenvalue weighted by atomic mass is 16.5. The number of guanidine groups is 1. The van der Waals surface area contributed by atoms with Crippen molar-refractivity contribution in [2.45, 2.75) is 26.7 Å². The highest BCUT2D eigenvalue weighted by molar-refractivity contribution is 5.79. The van der Waals surface area contributed by atoms with Crippen LogP contribution in [0.5, 0.6) is 0 Å². The smallest absolute Gasteiger partial charge is 0.191 e. The van der Waals surface area contributed by atoms with Crippen LogP contribution in [0, 0.1) is 0 Å². The van der Waals surface area contributed by atoms with Crippen LogP contribution in [0.25, 0.3) is 0 Å². The first-order valence-corrected chi connectivity index (χ1v) is 6.99. The van der Waals surface area contributed by atoms with Gasteiger partial charge in [-0.25, -0.2) is 0 Å². The van der Waals surface area contributed by atoms with Gasteiger partial charge in [0.25, 0.3) is 0 Å². The molecule has 0 fully saturated rings. The molecule has 0 unspecified atom stereocenters. The van der Waals surface area contributed by atoms with Gasteiger partial charge in [-0.15, -0.1) is 0 Å². The minimum atomic E-state index is 0.696. The van der Waals surface area contributed by atoms with Crippen LogP contribution in [0.1, 0.15) is 26.0 Å². The lowest BCUT2D eigenvalue weighted by Gasteiger charge is -2.12. The lowest BCUT2D eigenvalue weighted by Crippen LogP contribution is -2.40. The number of aliphatic imine (C=N–C) groups is 1. The van der Waals surface area contributed by atoms with Crippen molar-refractivity contribution in [3.63, 3.8) is 0 Å². The lowest BCUT2D eigenvalue weighted by molar-refractivity contribution is 0.152. The maximum absolute atomic E-state index is 5.29. The second-order valence-electron chi connectivity index (χ2n) is 4.11. The van der Waals surface area contributed by atoms with E-state index in [4.69, 9.17) is 9.15 Å². The molecule has 0 spiro atoms. The Bertz CT molecular complexity index is 336. The van der Waals surface area contributed by atoms with Crippen molar-refractivity contribution in [3.8, 4) is 0 Å². The van der Waals surface area contributed by atoms with E-state index in [0.717, 1.165) is 50.8 Å². The third-order valence-corrected chi connectivity index (χ3v) is 2.48. The van der Waals surface area contributed by atoms with E-state index in [2.05, 4.69) is 22.5 Å². The molecule has 19 heavy (non-hydrogen) atoms. The molecule has 0 bridgehead atoms. The molecule has 1 rings (SSSR count). The van der Waals surface area contributed by atoms with Gasteiger partial charge in [0.15, 0.2) is 5.96 Å². The van der Waals surface area contributed by atoms with Gasteiger partial charge in [0, 0.05) is 32.7 Å². The van der Waals surface area contributed by atoms with Crippen LogP contribution >= 0.6 is 0 Å². The van der Waals surface area contributed by atoms with Crippen LogP contribution in [0.4, 0.5) is 0 Å². The molecule has 5 nitrogen and oxygen atoms in total. The van der Waals surface area contributed by atoms with Crippen molar-refractivity contribution in [1.82, 2.24) is 10.6 Å². The Morgan fingerprint density at radius 2 is 2.16 bits per heavy atom. The third kappa shape index (κ3) is 7.51. The highest BCUT2D eigenvalue weighted by Gasteiger charge is 1.99. The van der Waals surface area contributed by atoms with Crippen molar-refractivity contribution in [1.29, 1.82) is 0 Å². The number of ether oxygens (including phenoxy) is 1. The fraction of sp³-hybridized carbons (Fsp3) is 0.643. The van der Waals surface area contributed by atoms with E-state index in [1.54, 1.807) is 6.26 Å². The summed E-state index contributed by atoms with van der Waals surface area (Å²) in [6.45, 7) is 7.95. The quantitative estimate of drug-likeness (QED) is 0.407. The summed E-state index contributed by atoms with van der Waals surface area (Å²) >= 11 is 0. The molecule has 0 aliphatic carbocycles. The SMILES string of the molecule is CCCN=C(NCCOCC)NCCc1ccco1. The molecule has 1 heterocycles. The van der Waals surface area contributed by atoms with Crippen LogP contribution in [0.15, 0.2) is 27.8 Å². The predicted molar refractivity (Wildman–Crippen MR) is 77.5 cm³/mol. The molecule has 5 heteroatoms. The summed E-state index contributed by atoms with van der Waals surface area (Å²) in [5.74, 6) is 1.82. The summed E-state index contributed by atoms with van der Waals surface area (Å²) in [5.41, 5.74) is 0. The zero-order chi connectivity index (χ0) is 13.8. The van der Waals surface area contributed by atoms with E-state index in [1.807, 2.05) is 19.1 Å². The molecule has 1 aromatic heterocycles. The van der Waals surface area contributed by atoms with Gasteiger partial charge < -0.3 is 19.8 Å². The summed E-state index contributed by atoms with van der Waals surface area (Å²) in [6, 6.07) is 3.88. The van der Waals surface area contributed by atoms with E-state index < -0.39 is 0 Å². The number of nitrogens with zero attached hydrogens (tertiary/aromatic N) is 1. The Kier molecular flexibility index (Phi) is 8.55. The molecular formula is C14H25N3O2. The molecule has 0 saturated heterocycles. The standard InChI is InChI=1S/C14H25N3O2/c1-3-8-15-14(17-10-12-18-4-2)16-9-7-13-6-5-11-19-13/h5-6,11H,3-4,7-10,12H2,1-2H3,(H2,15,16,17). The average Bonchev–Trinajstić information content (AvgIpc) is 2.93. The second kappa shape index (κ2) is 10.4. The van der Waals surface area contributed by atoms with Gasteiger partial charge in [0.05, 0.1) is 12.9 Å². The van der Waals surface area contributed by atoms with Gasteiger partial charge in [0.2, 0.25) is 0 Å². The number of rotatable bonds is 9. The van der Waals surface area contributed by atoms with Crippen molar-refractivity contribution in [3.05, 3.63) is 24.2 Å². The van der Waals surface area contributed by atoms with E-state index in [9.17, 15) is 0 Å². The first-order chi connectivity index (χ1) is 9.36. The number of nitrogens with one attached hydrogen (secondary N) is 2. The fourth-order valence-electron chi connectivity index (χ4n) is 1.54. The van der Waals surface area contributed by atoms with Gasteiger partial charge in [-0.2, -0.15) is 0 Å². The van der Waals surface area contributed by atoms with Crippen LogP contribution in [-0.2, 0) is 11.2 Å². The first-order valence-electron chi connectivity index (χ1n) is 6.99. The molecule has 0 amide bonds. The molecular weight excluding hydrogens is 242 g/mol. The summed E-state index contributed by atoms with van der Waals surface area (Å²) in [5, 5.41) is 6.55. The Morgan fingerprint density at radius 1 is 1.32 bits per heavy atom. The van der Waals surface area contributed by atoms with Crippen molar-refractivity contribution >= 4 is 5.96 Å². The van der Waals surface area contributed by atoms with E-state index in [1.165, 1.54) is 0 Å². The zero-order valence-electron chi connectivity index (χ0n) is 11.9. The maximum atomic E-state index is 5.29. The van der Waals surface area contributed by atoms with Gasteiger partial charge in [0.1, 0.15) is 5.76 Å². The van der Waals surface area contributed by atoms with Crippen LogP contribution in [0.2, 0.25) is 0 Å². The largest absolute Gasteiger partial charge is 0.469 e. The maximum Gasteiger partial charge on any atom is 0.191 e. The van der Waals surface area contributed by atoms with Crippen molar-refractivity contribution < 1.29 is 9.15 Å². The fourth-order valence-corrected chi connectivity index (χ4v) is 1.54. The topological polar surface area (TPSA) is 58.8 Å². The Hall–Kier alpha value is -1.49. The normalized spacial score (nSPS) is 11.6. The molecule has 0 aromatic carbocycles. The monoisotopic (exact) mass is 267 g/mol. The first kappa shape index (κ1) is 15.6. The third-order valence-electron chi connectivity index (χ3n) is 2.48. The number of hydrogen-bond acceptors (Lipinski definition) is 3. The molecule has 0 aliphatic rings. The zero-order valence-corrected chi connectivity index (χ0v) is 11.9. The van der Waals surface area contributed by atoms with E-state index >= 15 is 0 Å². The molecule has 0 saturated carbocycles. The number of hydrogen-bond donors (Lipinski definition) is 2. The number of furan rings is 1. The lowest BCUT2D eigenvalue weighted by atomic mass is 10.3. The minimum absolute atomic E-state index is 0.696. The molecule has 0 atom stereocenters. The molecule has 2 N–H and O–H groups in total. The van der Waals surface area contributed by atoms with Gasteiger partial charge >= 0.3 is 0 Å². The van der Waals surface area contributed by atoms with E-state index in [0.29, 0.717) is 6.61 Å². The van der Waals surface area contributed by atoms with Crippen molar-refractivity contribution in [2.24, 2.45) is 4.99 Å². The molecule has 1 aromatic rings. The second-order valence-corrected chi connectivity index (χ2v) is 4.11. The van der Waals surface area contributed by atoms with Gasteiger partial charge in [-0.1, -0.05) is 6.92 Å². The molecule has 108 valence electrons. The summed E-state index contributed by atoms with van der Waals surface area (Å²) in [7, 11) is 0. The van der Waals surface area contributed by atoms with Gasteiger partial charge in [-0.3, -0.25) is 4.99 Å². The highest BCUT2D eigenvalue weighted by Crippen LogP contribution is 1.99.